The van der Waals surface area contributed by atoms with Gasteiger partial charge in [-0.15, -0.1) is 0 Å². The monoisotopic (exact) mass is 534 g/mol. The van der Waals surface area contributed by atoms with Crippen molar-refractivity contribution in [2.75, 3.05) is 19.1 Å². The molecule has 0 unspecified atom stereocenters. The third-order valence-corrected chi connectivity index (χ3v) is 5.74. The van der Waals surface area contributed by atoms with Crippen molar-refractivity contribution in [3.05, 3.63) is 59.2 Å². The number of hydrogen-bond donors (Lipinski definition) is 4. The summed E-state index contributed by atoms with van der Waals surface area (Å²) in [7, 11) is 3.29. The largest absolute Gasteiger partial charge is 0.497 e. The minimum Gasteiger partial charge on any atom is -0.497 e. The standard InChI is InChI=1S/C18H23N5O3.C11H15NO/c1-5-18(3,21-17(26)20-12-24)11-10-15-6-8-16(9-7-15)23(13-25)14(2)22-19-4;1-4-9-5-6-10(13-3)7-11(9)8(2)12/h6-9,12-13,19H,5H2,1-4H3,(H2,20,21,24,26);5-7,12H,4H2,1-3H3/b22-14-;/t18-;/m0./s1. The van der Waals surface area contributed by atoms with Gasteiger partial charge in [0.15, 0.2) is 0 Å². The average molecular weight is 535 g/mol. The summed E-state index contributed by atoms with van der Waals surface area (Å²) < 4.78 is 5.11. The molecule has 0 aliphatic heterocycles. The number of anilines is 1. The van der Waals surface area contributed by atoms with Crippen LogP contribution in [0.15, 0.2) is 47.6 Å². The molecule has 0 saturated heterocycles. The fraction of sp³-hybridized carbons (Fsp3) is 0.345. The number of aryl methyl sites for hydroxylation is 1. The molecular weight excluding hydrogens is 496 g/mol. The van der Waals surface area contributed by atoms with Crippen molar-refractivity contribution in [1.82, 2.24) is 16.1 Å². The van der Waals surface area contributed by atoms with Crippen molar-refractivity contribution < 1.29 is 19.1 Å². The molecule has 10 nitrogen and oxygen atoms in total. The summed E-state index contributed by atoms with van der Waals surface area (Å²) in [6, 6.07) is 12.3. The predicted octanol–water partition coefficient (Wildman–Crippen LogP) is 3.82. The second-order valence-electron chi connectivity index (χ2n) is 8.56. The van der Waals surface area contributed by atoms with E-state index < -0.39 is 11.6 Å². The Bertz CT molecular complexity index is 1230. The molecule has 0 aliphatic rings. The van der Waals surface area contributed by atoms with E-state index in [9.17, 15) is 14.4 Å². The second kappa shape index (κ2) is 16.2. The summed E-state index contributed by atoms with van der Waals surface area (Å²) >= 11 is 0. The Morgan fingerprint density at radius 1 is 1.15 bits per heavy atom. The highest BCUT2D eigenvalue weighted by Crippen LogP contribution is 2.18. The molecule has 208 valence electrons. The van der Waals surface area contributed by atoms with Gasteiger partial charge in [-0.25, -0.2) is 4.79 Å². The molecule has 0 spiro atoms. The van der Waals surface area contributed by atoms with Gasteiger partial charge in [-0.05, 0) is 75.6 Å². The van der Waals surface area contributed by atoms with E-state index in [1.807, 2.05) is 30.4 Å². The molecule has 4 N–H and O–H groups in total. The van der Waals surface area contributed by atoms with Crippen LogP contribution in [0.4, 0.5) is 10.5 Å². The van der Waals surface area contributed by atoms with Crippen molar-refractivity contribution in [2.24, 2.45) is 5.10 Å². The van der Waals surface area contributed by atoms with Crippen LogP contribution in [0.25, 0.3) is 0 Å². The van der Waals surface area contributed by atoms with Crippen LogP contribution in [0.3, 0.4) is 0 Å². The number of amidine groups is 1. The Morgan fingerprint density at radius 3 is 2.31 bits per heavy atom. The number of nitrogens with one attached hydrogen (secondary N) is 4. The van der Waals surface area contributed by atoms with E-state index in [0.29, 0.717) is 36.5 Å². The minimum absolute atomic E-state index is 0.315. The fourth-order valence-electron chi connectivity index (χ4n) is 3.34. The number of rotatable bonds is 9. The van der Waals surface area contributed by atoms with Gasteiger partial charge in [-0.3, -0.25) is 19.8 Å². The highest BCUT2D eigenvalue weighted by atomic mass is 16.5. The van der Waals surface area contributed by atoms with Crippen LogP contribution < -0.4 is 25.7 Å². The van der Waals surface area contributed by atoms with E-state index in [0.717, 1.165) is 23.3 Å². The van der Waals surface area contributed by atoms with Crippen LogP contribution in [0, 0.1) is 17.3 Å². The fourth-order valence-corrected chi connectivity index (χ4v) is 3.34. The summed E-state index contributed by atoms with van der Waals surface area (Å²) in [5, 5.41) is 16.3. The number of carbonyl (C=O) groups is 3. The van der Waals surface area contributed by atoms with Crippen LogP contribution in [0.1, 0.15) is 57.7 Å². The number of urea groups is 1. The van der Waals surface area contributed by atoms with Gasteiger partial charge in [0.05, 0.1) is 7.11 Å². The van der Waals surface area contributed by atoms with Gasteiger partial charge in [-0.1, -0.05) is 31.8 Å². The highest BCUT2D eigenvalue weighted by Gasteiger charge is 2.21. The number of benzene rings is 2. The van der Waals surface area contributed by atoms with Gasteiger partial charge >= 0.3 is 6.03 Å². The predicted molar refractivity (Wildman–Crippen MR) is 155 cm³/mol. The Hall–Kier alpha value is -4.65. The van der Waals surface area contributed by atoms with Crippen molar-refractivity contribution in [3.63, 3.8) is 0 Å². The zero-order valence-electron chi connectivity index (χ0n) is 23.6. The Morgan fingerprint density at radius 2 is 1.82 bits per heavy atom. The Balaban J connectivity index is 0.000000487. The number of carbonyl (C=O) groups excluding carboxylic acids is 3. The zero-order chi connectivity index (χ0) is 29.4. The number of nitrogens with zero attached hydrogens (tertiary/aromatic N) is 2. The first-order valence-corrected chi connectivity index (χ1v) is 12.4. The molecule has 2 rings (SSSR count). The molecule has 2 aromatic rings. The molecule has 4 amide bonds. The van der Waals surface area contributed by atoms with Crippen molar-refractivity contribution in [2.45, 2.75) is 53.0 Å². The molecule has 10 heteroatoms. The summed E-state index contributed by atoms with van der Waals surface area (Å²) in [6.07, 6.45) is 2.51. The summed E-state index contributed by atoms with van der Waals surface area (Å²) in [4.78, 5) is 34.5. The summed E-state index contributed by atoms with van der Waals surface area (Å²) in [5.74, 6) is 7.32. The van der Waals surface area contributed by atoms with E-state index >= 15 is 0 Å². The smallest absolute Gasteiger partial charge is 0.322 e. The maximum atomic E-state index is 11.5. The number of ether oxygens (including phenoxy) is 1. The molecule has 2 aromatic carbocycles. The summed E-state index contributed by atoms with van der Waals surface area (Å²) in [5.41, 5.74) is 6.02. The molecule has 0 aromatic heterocycles. The van der Waals surface area contributed by atoms with Crippen molar-refractivity contribution in [3.8, 4) is 17.6 Å². The number of hydrogen-bond acceptors (Lipinski definition) is 7. The van der Waals surface area contributed by atoms with Crippen molar-refractivity contribution >= 4 is 36.1 Å². The molecule has 0 fully saturated rings. The quantitative estimate of drug-likeness (QED) is 0.127. The lowest BCUT2D eigenvalue weighted by molar-refractivity contribution is -0.108. The summed E-state index contributed by atoms with van der Waals surface area (Å²) in [6.45, 7) is 9.25. The maximum Gasteiger partial charge on any atom is 0.322 e. The second-order valence-corrected chi connectivity index (χ2v) is 8.56. The lowest BCUT2D eigenvalue weighted by atomic mass is 9.99. The minimum atomic E-state index is -0.781. The van der Waals surface area contributed by atoms with Gasteiger partial charge in [0, 0.05) is 29.6 Å². The molecule has 1 atom stereocenters. The van der Waals surface area contributed by atoms with Crippen LogP contribution >= 0.6 is 0 Å². The normalized spacial score (nSPS) is 11.7. The van der Waals surface area contributed by atoms with E-state index in [4.69, 9.17) is 10.1 Å². The highest BCUT2D eigenvalue weighted by molar-refractivity contribution is 6.08. The number of methoxy groups -OCH3 is 1. The SMILES string of the molecule is CC[C@@](C)(C#Cc1ccc(N(C=O)/C(C)=N\NC)cc1)NC(=O)NC=O.CCc1ccc(OC)cc1C(C)=N. The van der Waals surface area contributed by atoms with Crippen LogP contribution in [0.2, 0.25) is 0 Å². The third-order valence-electron chi connectivity index (χ3n) is 5.74. The molecule has 0 heterocycles. The third kappa shape index (κ3) is 10.3. The van der Waals surface area contributed by atoms with E-state index in [2.05, 4.69) is 34.6 Å². The van der Waals surface area contributed by atoms with Crippen LogP contribution in [-0.4, -0.2) is 50.1 Å². The Kier molecular flexibility index (Phi) is 13.5. The first kappa shape index (κ1) is 32.4. The number of imide groups is 1. The molecular formula is C29H38N6O4. The first-order chi connectivity index (χ1) is 18.6. The van der Waals surface area contributed by atoms with E-state index in [1.165, 1.54) is 10.5 Å². The zero-order valence-corrected chi connectivity index (χ0v) is 23.6. The van der Waals surface area contributed by atoms with Crippen LogP contribution in [0.5, 0.6) is 5.75 Å². The molecule has 39 heavy (non-hydrogen) atoms. The van der Waals surface area contributed by atoms with E-state index in [1.54, 1.807) is 59.2 Å². The Labute approximate surface area is 230 Å². The lowest BCUT2D eigenvalue weighted by Crippen LogP contribution is -2.48. The van der Waals surface area contributed by atoms with Crippen LogP contribution in [-0.2, 0) is 16.0 Å². The van der Waals surface area contributed by atoms with Gasteiger partial charge in [0.25, 0.3) is 0 Å². The molecule has 0 radical (unpaired) electrons. The maximum absolute atomic E-state index is 11.5. The number of amides is 4. The van der Waals surface area contributed by atoms with Crippen molar-refractivity contribution in [1.29, 1.82) is 5.41 Å². The number of hydrazone groups is 1. The molecule has 0 aliphatic carbocycles. The first-order valence-electron chi connectivity index (χ1n) is 12.4. The van der Waals surface area contributed by atoms with Gasteiger partial charge < -0.3 is 20.9 Å². The lowest BCUT2D eigenvalue weighted by Gasteiger charge is -2.22. The topological polar surface area (TPSA) is 136 Å². The van der Waals surface area contributed by atoms with E-state index in [-0.39, 0.29) is 0 Å². The van der Waals surface area contributed by atoms with Gasteiger partial charge in [0.2, 0.25) is 12.8 Å². The van der Waals surface area contributed by atoms with Gasteiger partial charge in [-0.2, -0.15) is 5.10 Å². The molecule has 0 saturated carbocycles. The average Bonchev–Trinajstić information content (AvgIpc) is 2.93. The van der Waals surface area contributed by atoms with Gasteiger partial charge in [0.1, 0.15) is 17.1 Å². The molecule has 0 bridgehead atoms.